The molecule has 2 aromatic rings. The van der Waals surface area contributed by atoms with Gasteiger partial charge in [-0.1, -0.05) is 0 Å². The van der Waals surface area contributed by atoms with E-state index in [4.69, 9.17) is 14.2 Å². The van der Waals surface area contributed by atoms with Gasteiger partial charge in [0.25, 0.3) is 0 Å². The van der Waals surface area contributed by atoms with Crippen molar-refractivity contribution in [2.24, 2.45) is 0 Å². The minimum absolute atomic E-state index is 0.111. The number of methoxy groups -OCH3 is 1. The first-order valence-electron chi connectivity index (χ1n) is 14.1. The van der Waals surface area contributed by atoms with E-state index in [1.54, 1.807) is 25.9 Å². The number of fused-ring (bicyclic) bond motifs is 3. The largest absolute Gasteiger partial charge is 0.507 e. The van der Waals surface area contributed by atoms with Gasteiger partial charge >= 0.3 is 5.97 Å². The number of phenols is 3. The second kappa shape index (κ2) is 11.2. The molecule has 1 aliphatic heterocycles. The highest BCUT2D eigenvalue weighted by atomic mass is 16.7. The number of hydrogen-bond acceptors (Lipinski definition) is 13. The molecule has 7 atom stereocenters. The number of ether oxygens (including phenoxy) is 3. The van der Waals surface area contributed by atoms with E-state index in [2.05, 4.69) is 0 Å². The number of esters is 1. The summed E-state index contributed by atoms with van der Waals surface area (Å²) in [6.45, 7) is 2.88. The Hall–Kier alpha value is -3.88. The summed E-state index contributed by atoms with van der Waals surface area (Å²) in [5.41, 5.74) is -4.22. The Morgan fingerprint density at radius 2 is 1.68 bits per heavy atom. The normalized spacial score (nSPS) is 29.5. The van der Waals surface area contributed by atoms with E-state index in [1.807, 2.05) is 0 Å². The Morgan fingerprint density at radius 1 is 1.07 bits per heavy atom. The van der Waals surface area contributed by atoms with Gasteiger partial charge in [0.15, 0.2) is 12.1 Å². The molecule has 0 aromatic heterocycles. The van der Waals surface area contributed by atoms with Crippen LogP contribution >= 0.6 is 0 Å². The number of nitrogens with zero attached hydrogens (tertiary/aromatic N) is 1. The number of likely N-dealkylation sites (N-methyl/N-ethyl adjacent to an activating group) is 1. The van der Waals surface area contributed by atoms with Crippen LogP contribution in [0.3, 0.4) is 0 Å². The van der Waals surface area contributed by atoms with E-state index in [0.29, 0.717) is 0 Å². The first kappa shape index (κ1) is 31.5. The van der Waals surface area contributed by atoms with Crippen LogP contribution in [-0.2, 0) is 23.8 Å². The zero-order valence-corrected chi connectivity index (χ0v) is 24.9. The molecule has 1 fully saturated rings. The number of aliphatic hydroxyl groups is 2. The average Bonchev–Trinajstić information content (AvgIpc) is 2.93. The van der Waals surface area contributed by atoms with Gasteiger partial charge in [-0.25, -0.2) is 0 Å². The lowest BCUT2D eigenvalue weighted by Gasteiger charge is -2.46. The fourth-order valence-electron chi connectivity index (χ4n) is 6.82. The van der Waals surface area contributed by atoms with Gasteiger partial charge in [0.1, 0.15) is 28.9 Å². The van der Waals surface area contributed by atoms with Crippen molar-refractivity contribution < 1.29 is 58.9 Å². The second-order valence-corrected chi connectivity index (χ2v) is 12.0. The summed E-state index contributed by atoms with van der Waals surface area (Å²) in [6.07, 6.45) is -4.57. The Labute approximate surface area is 252 Å². The summed E-state index contributed by atoms with van der Waals surface area (Å²) < 4.78 is 17.2. The van der Waals surface area contributed by atoms with Crippen molar-refractivity contribution in [2.45, 2.75) is 75.3 Å². The van der Waals surface area contributed by atoms with Gasteiger partial charge in [0.05, 0.1) is 47.7 Å². The lowest BCUT2D eigenvalue weighted by Crippen LogP contribution is -2.54. The number of carbonyl (C=O) groups excluding carboxylic acids is 4. The van der Waals surface area contributed by atoms with E-state index in [9.17, 15) is 44.7 Å². The maximum atomic E-state index is 13.7. The molecule has 1 saturated heterocycles. The first-order chi connectivity index (χ1) is 20.6. The number of carbonyl (C=O) groups is 4. The van der Waals surface area contributed by atoms with Crippen molar-refractivity contribution in [2.75, 3.05) is 21.2 Å². The highest BCUT2D eigenvalue weighted by Crippen LogP contribution is 2.54. The van der Waals surface area contributed by atoms with Gasteiger partial charge in [0, 0.05) is 36.4 Å². The van der Waals surface area contributed by atoms with Crippen molar-refractivity contribution >= 4 is 23.3 Å². The number of hydrogen-bond donors (Lipinski definition) is 5. The molecule has 44 heavy (non-hydrogen) atoms. The number of aliphatic hydroxyl groups excluding tert-OH is 1. The lowest BCUT2D eigenvalue weighted by atomic mass is 9.66. The monoisotopic (exact) mass is 613 g/mol. The van der Waals surface area contributed by atoms with Crippen molar-refractivity contribution in [3.8, 4) is 17.2 Å². The molecule has 0 spiro atoms. The van der Waals surface area contributed by atoms with E-state index >= 15 is 0 Å². The minimum Gasteiger partial charge on any atom is -0.507 e. The molecular formula is C31H35NO12. The van der Waals surface area contributed by atoms with Crippen molar-refractivity contribution in [1.82, 2.24) is 4.90 Å². The molecule has 0 bridgehead atoms. The highest BCUT2D eigenvalue weighted by Gasteiger charge is 2.54. The van der Waals surface area contributed by atoms with Gasteiger partial charge < -0.3 is 44.6 Å². The predicted molar refractivity (Wildman–Crippen MR) is 151 cm³/mol. The van der Waals surface area contributed by atoms with Crippen molar-refractivity contribution in [3.05, 3.63) is 51.6 Å². The van der Waals surface area contributed by atoms with Crippen LogP contribution in [0.4, 0.5) is 0 Å². The Kier molecular flexibility index (Phi) is 8.06. The van der Waals surface area contributed by atoms with Gasteiger partial charge in [-0.05, 0) is 51.7 Å². The fourth-order valence-corrected chi connectivity index (χ4v) is 6.82. The molecule has 5 rings (SSSR count). The third-order valence-electron chi connectivity index (χ3n) is 8.82. The number of benzene rings is 2. The van der Waals surface area contributed by atoms with Crippen LogP contribution in [-0.4, -0.2) is 105 Å². The maximum absolute atomic E-state index is 13.7. The molecule has 7 unspecified atom stereocenters. The van der Waals surface area contributed by atoms with Gasteiger partial charge in [-0.3, -0.25) is 19.2 Å². The fraction of sp³-hybridized carbons (Fsp3) is 0.484. The molecule has 0 radical (unpaired) electrons. The molecule has 13 nitrogen and oxygen atoms in total. The quantitative estimate of drug-likeness (QED) is 0.198. The van der Waals surface area contributed by atoms with Crippen LogP contribution in [0.1, 0.15) is 88.1 Å². The minimum atomic E-state index is -2.11. The number of ketones is 3. The Bertz CT molecular complexity index is 1570. The highest BCUT2D eigenvalue weighted by molar-refractivity contribution is 6.31. The molecule has 0 amide bonds. The van der Waals surface area contributed by atoms with Gasteiger partial charge in [-0.2, -0.15) is 0 Å². The zero-order valence-electron chi connectivity index (χ0n) is 24.9. The first-order valence-corrected chi connectivity index (χ1v) is 14.1. The molecule has 2 aromatic carbocycles. The smallest absolute Gasteiger partial charge is 0.316 e. The zero-order chi connectivity index (χ0) is 32.4. The summed E-state index contributed by atoms with van der Waals surface area (Å²) in [6, 6.07) is 2.83. The molecule has 236 valence electrons. The van der Waals surface area contributed by atoms with Crippen LogP contribution in [0.5, 0.6) is 17.2 Å². The van der Waals surface area contributed by atoms with E-state index in [-0.39, 0.29) is 17.5 Å². The summed E-state index contributed by atoms with van der Waals surface area (Å²) in [5, 5.41) is 55.2. The third kappa shape index (κ3) is 4.94. The number of phenolic OH excluding ortho intramolecular Hbond substituents is 3. The molecule has 5 N–H and O–H groups in total. The standard InChI is InChI=1S/C31H35NO12/c1-12(33)10-31(41)11-19(44-20-9-16(32(3)4)26(36)13(2)43-20)21-14(25(31)30(40)42-5)8-15-22(28(21)38)29(39)24-18(35)7-6-17(34)23(24)27(15)37/h6-8,13,16,19-20,25-26,34-36,38,41H,9-11H2,1-5H3. The lowest BCUT2D eigenvalue weighted by molar-refractivity contribution is -0.258. The van der Waals surface area contributed by atoms with Crippen molar-refractivity contribution in [1.29, 1.82) is 0 Å². The number of aromatic hydroxyl groups is 3. The number of Topliss-reactive ketones (excluding diaryl/α,β-unsaturated/α-hetero) is 1. The molecule has 3 aliphatic rings. The summed E-state index contributed by atoms with van der Waals surface area (Å²) in [7, 11) is 4.63. The van der Waals surface area contributed by atoms with Crippen molar-refractivity contribution in [3.63, 3.8) is 0 Å². The van der Waals surface area contributed by atoms with Crippen LogP contribution in [0.2, 0.25) is 0 Å². The van der Waals surface area contributed by atoms with Crippen LogP contribution in [0.15, 0.2) is 18.2 Å². The third-order valence-corrected chi connectivity index (χ3v) is 8.82. The van der Waals surface area contributed by atoms with Gasteiger partial charge in [-0.15, -0.1) is 0 Å². The molecule has 0 saturated carbocycles. The van der Waals surface area contributed by atoms with E-state index in [1.165, 1.54) is 6.92 Å². The molecular weight excluding hydrogens is 578 g/mol. The maximum Gasteiger partial charge on any atom is 0.316 e. The summed E-state index contributed by atoms with van der Waals surface area (Å²) >= 11 is 0. The molecule has 13 heteroatoms. The topological polar surface area (TPSA) is 200 Å². The number of rotatable bonds is 6. The Morgan fingerprint density at radius 3 is 2.25 bits per heavy atom. The SMILES string of the molecule is COC(=O)C1c2cc3c(c(O)c2C(OC2CC(N(C)C)C(O)C(C)O2)CC1(O)CC(C)=O)C(=O)c1c(O)ccc(O)c1C3=O. The molecule has 2 aliphatic carbocycles. The van der Waals surface area contributed by atoms with Gasteiger partial charge in [0.2, 0.25) is 5.78 Å². The van der Waals surface area contributed by atoms with E-state index in [0.717, 1.165) is 25.3 Å². The van der Waals surface area contributed by atoms with E-state index < -0.39 is 118 Å². The molecule has 1 heterocycles. The summed E-state index contributed by atoms with van der Waals surface area (Å²) in [4.78, 5) is 54.8. The van der Waals surface area contributed by atoms with Crippen LogP contribution in [0, 0.1) is 0 Å². The summed E-state index contributed by atoms with van der Waals surface area (Å²) in [5.74, 6) is -6.82. The second-order valence-electron chi connectivity index (χ2n) is 12.0. The predicted octanol–water partition coefficient (Wildman–Crippen LogP) is 1.43. The van der Waals surface area contributed by atoms with Crippen LogP contribution in [0.25, 0.3) is 0 Å². The van der Waals surface area contributed by atoms with Crippen LogP contribution < -0.4 is 0 Å². The average molecular weight is 614 g/mol. The Balaban J connectivity index is 1.73.